The van der Waals surface area contributed by atoms with Crippen LogP contribution in [0, 0.1) is 23.0 Å². The lowest BCUT2D eigenvalue weighted by atomic mass is 9.99. The fourth-order valence-electron chi connectivity index (χ4n) is 3.40. The minimum atomic E-state index is -4.00. The maximum atomic E-state index is 12.8. The highest BCUT2D eigenvalue weighted by Crippen LogP contribution is 2.32. The van der Waals surface area contributed by atoms with Crippen molar-refractivity contribution in [3.8, 4) is 0 Å². The molecule has 9 heteroatoms. The molecule has 0 saturated heterocycles. The average Bonchev–Trinajstić information content (AvgIpc) is 2.66. The first kappa shape index (κ1) is 20.8. The zero-order chi connectivity index (χ0) is 21.3. The minimum Gasteiger partial charge on any atom is -0.312 e. The summed E-state index contributed by atoms with van der Waals surface area (Å²) in [7, 11) is -4.00. The van der Waals surface area contributed by atoms with Crippen LogP contribution in [0.4, 0.5) is 17.1 Å². The molecule has 3 rings (SSSR count). The Bertz CT molecular complexity index is 1080. The van der Waals surface area contributed by atoms with Gasteiger partial charge in [-0.05, 0) is 49.1 Å². The zero-order valence-electron chi connectivity index (χ0n) is 16.5. The molecule has 1 aliphatic rings. The zero-order valence-corrected chi connectivity index (χ0v) is 17.3. The highest BCUT2D eigenvalue weighted by Gasteiger charge is 2.26. The largest absolute Gasteiger partial charge is 0.312 e. The SMILES string of the molecule is Cc1ccc([N+](=O)[O-])cc1S(=O)(=O)Nc1ccc2c(c1)CCCN2C(=O)C(C)C. The van der Waals surface area contributed by atoms with E-state index in [-0.39, 0.29) is 22.4 Å². The van der Waals surface area contributed by atoms with Gasteiger partial charge in [-0.15, -0.1) is 0 Å². The summed E-state index contributed by atoms with van der Waals surface area (Å²) in [5.41, 5.74) is 2.16. The Balaban J connectivity index is 1.93. The number of carbonyl (C=O) groups is 1. The lowest BCUT2D eigenvalue weighted by molar-refractivity contribution is -0.385. The van der Waals surface area contributed by atoms with E-state index in [9.17, 15) is 23.3 Å². The Hall–Kier alpha value is -2.94. The van der Waals surface area contributed by atoms with Gasteiger partial charge in [0, 0.05) is 36.0 Å². The average molecular weight is 417 g/mol. The van der Waals surface area contributed by atoms with E-state index in [2.05, 4.69) is 4.72 Å². The molecule has 8 nitrogen and oxygen atoms in total. The van der Waals surface area contributed by atoms with Gasteiger partial charge in [0.05, 0.1) is 9.82 Å². The van der Waals surface area contributed by atoms with Gasteiger partial charge < -0.3 is 4.90 Å². The van der Waals surface area contributed by atoms with Crippen molar-refractivity contribution in [3.05, 3.63) is 57.6 Å². The number of carbonyl (C=O) groups excluding carboxylic acids is 1. The van der Waals surface area contributed by atoms with Crippen LogP contribution < -0.4 is 9.62 Å². The van der Waals surface area contributed by atoms with E-state index in [4.69, 9.17) is 0 Å². The van der Waals surface area contributed by atoms with Gasteiger partial charge in [0.15, 0.2) is 0 Å². The Kier molecular flexibility index (Phi) is 5.61. The van der Waals surface area contributed by atoms with Crippen molar-refractivity contribution in [2.75, 3.05) is 16.2 Å². The van der Waals surface area contributed by atoms with Crippen molar-refractivity contribution in [3.63, 3.8) is 0 Å². The number of sulfonamides is 1. The maximum absolute atomic E-state index is 12.8. The smallest absolute Gasteiger partial charge is 0.270 e. The van der Waals surface area contributed by atoms with Crippen LogP contribution in [0.1, 0.15) is 31.4 Å². The molecule has 0 fully saturated rings. The molecule has 29 heavy (non-hydrogen) atoms. The van der Waals surface area contributed by atoms with Gasteiger partial charge in [-0.25, -0.2) is 8.42 Å². The molecule has 0 bridgehead atoms. The summed E-state index contributed by atoms with van der Waals surface area (Å²) in [6, 6.07) is 8.81. The first-order valence-corrected chi connectivity index (χ1v) is 10.8. The molecule has 0 spiro atoms. The molecule has 154 valence electrons. The third-order valence-electron chi connectivity index (χ3n) is 4.88. The molecule has 0 unspecified atom stereocenters. The van der Waals surface area contributed by atoms with E-state index in [0.717, 1.165) is 30.2 Å². The summed E-state index contributed by atoms with van der Waals surface area (Å²) in [4.78, 5) is 24.4. The van der Waals surface area contributed by atoms with Crippen molar-refractivity contribution < 1.29 is 18.1 Å². The molecule has 1 heterocycles. The van der Waals surface area contributed by atoms with Crippen molar-refractivity contribution in [2.45, 2.75) is 38.5 Å². The van der Waals surface area contributed by atoms with E-state index in [1.165, 1.54) is 12.1 Å². The Labute approximate surface area is 169 Å². The number of anilines is 2. The van der Waals surface area contributed by atoms with Crippen molar-refractivity contribution in [1.29, 1.82) is 0 Å². The number of fused-ring (bicyclic) bond motifs is 1. The number of hydrogen-bond acceptors (Lipinski definition) is 5. The predicted octanol–water partition coefficient (Wildman–Crippen LogP) is 3.64. The molecule has 2 aromatic carbocycles. The number of aryl methyl sites for hydroxylation is 2. The first-order valence-electron chi connectivity index (χ1n) is 9.32. The number of rotatable bonds is 5. The lowest BCUT2D eigenvalue weighted by Gasteiger charge is -2.31. The molecule has 1 N–H and O–H groups in total. The summed E-state index contributed by atoms with van der Waals surface area (Å²) >= 11 is 0. The topological polar surface area (TPSA) is 110 Å². The predicted molar refractivity (Wildman–Crippen MR) is 111 cm³/mol. The molecule has 1 aliphatic heterocycles. The highest BCUT2D eigenvalue weighted by molar-refractivity contribution is 7.92. The van der Waals surface area contributed by atoms with Gasteiger partial charge in [0.2, 0.25) is 5.91 Å². The summed E-state index contributed by atoms with van der Waals surface area (Å²) < 4.78 is 28.2. The highest BCUT2D eigenvalue weighted by atomic mass is 32.2. The van der Waals surface area contributed by atoms with Crippen LogP contribution in [0.15, 0.2) is 41.3 Å². The number of benzene rings is 2. The quantitative estimate of drug-likeness (QED) is 0.590. The number of hydrogen-bond donors (Lipinski definition) is 1. The van der Waals surface area contributed by atoms with Crippen molar-refractivity contribution in [2.24, 2.45) is 5.92 Å². The number of nitrogens with zero attached hydrogens (tertiary/aromatic N) is 2. The normalized spacial score (nSPS) is 13.9. The van der Waals surface area contributed by atoms with E-state index < -0.39 is 14.9 Å². The van der Waals surface area contributed by atoms with E-state index >= 15 is 0 Å². The summed E-state index contributed by atoms with van der Waals surface area (Å²) in [5, 5.41) is 11.0. The summed E-state index contributed by atoms with van der Waals surface area (Å²) in [6.07, 6.45) is 1.54. The molecule has 0 aromatic heterocycles. The van der Waals surface area contributed by atoms with Gasteiger partial charge in [0.25, 0.3) is 15.7 Å². The molecule has 0 radical (unpaired) electrons. The van der Waals surface area contributed by atoms with Crippen LogP contribution in [-0.4, -0.2) is 25.8 Å². The standard InChI is InChI=1S/C20H23N3O5S/c1-13(2)20(24)22-10-4-5-15-11-16(7-9-18(15)22)21-29(27,28)19-12-17(23(25)26)8-6-14(19)3/h6-9,11-13,21H,4-5,10H2,1-3H3. The number of nitro benzene ring substituents is 1. The van der Waals surface area contributed by atoms with Crippen LogP contribution in [0.25, 0.3) is 0 Å². The van der Waals surface area contributed by atoms with E-state index in [0.29, 0.717) is 17.8 Å². The molecule has 0 aliphatic carbocycles. The van der Waals surface area contributed by atoms with Crippen LogP contribution in [0.3, 0.4) is 0 Å². The second-order valence-electron chi connectivity index (χ2n) is 7.40. The third-order valence-corrected chi connectivity index (χ3v) is 6.41. The van der Waals surface area contributed by atoms with Gasteiger partial charge in [-0.1, -0.05) is 19.9 Å². The molecule has 0 saturated carbocycles. The fraction of sp³-hybridized carbons (Fsp3) is 0.350. The number of nitrogens with one attached hydrogen (secondary N) is 1. The maximum Gasteiger partial charge on any atom is 0.270 e. The van der Waals surface area contributed by atoms with Crippen LogP contribution in [0.2, 0.25) is 0 Å². The number of nitro groups is 1. The molecule has 1 amide bonds. The van der Waals surface area contributed by atoms with E-state index in [1.54, 1.807) is 30.0 Å². The Morgan fingerprint density at radius 2 is 1.93 bits per heavy atom. The Morgan fingerprint density at radius 3 is 2.59 bits per heavy atom. The number of amides is 1. The van der Waals surface area contributed by atoms with Crippen molar-refractivity contribution in [1.82, 2.24) is 0 Å². The second-order valence-corrected chi connectivity index (χ2v) is 9.05. The number of non-ortho nitro benzene ring substituents is 1. The second kappa shape index (κ2) is 7.82. The third kappa shape index (κ3) is 4.24. The fourth-order valence-corrected chi connectivity index (χ4v) is 4.72. The molecule has 0 atom stereocenters. The van der Waals surface area contributed by atoms with Crippen LogP contribution >= 0.6 is 0 Å². The van der Waals surface area contributed by atoms with Crippen molar-refractivity contribution >= 4 is 33.0 Å². The van der Waals surface area contributed by atoms with Crippen LogP contribution in [0.5, 0.6) is 0 Å². The molecule has 2 aromatic rings. The van der Waals surface area contributed by atoms with Gasteiger partial charge in [-0.2, -0.15) is 0 Å². The minimum absolute atomic E-state index is 0.0338. The van der Waals surface area contributed by atoms with E-state index in [1.807, 2.05) is 13.8 Å². The van der Waals surface area contributed by atoms with Gasteiger partial charge >= 0.3 is 0 Å². The van der Waals surface area contributed by atoms with Gasteiger partial charge in [0.1, 0.15) is 0 Å². The van der Waals surface area contributed by atoms with Gasteiger partial charge in [-0.3, -0.25) is 19.6 Å². The Morgan fingerprint density at radius 1 is 1.21 bits per heavy atom. The monoisotopic (exact) mass is 417 g/mol. The molecular formula is C20H23N3O5S. The van der Waals surface area contributed by atoms with Crippen LogP contribution in [-0.2, 0) is 21.2 Å². The lowest BCUT2D eigenvalue weighted by Crippen LogP contribution is -2.38. The summed E-state index contributed by atoms with van der Waals surface area (Å²) in [6.45, 7) is 5.92. The first-order chi connectivity index (χ1) is 13.6. The molecular weight excluding hydrogens is 394 g/mol. The summed E-state index contributed by atoms with van der Waals surface area (Å²) in [5.74, 6) is -0.0949.